The maximum Gasteiger partial charge on any atom is 0.264 e. The molecule has 1 saturated heterocycles. The number of β-amino-alcohol motifs (C(OH)–C–C–N with tert-alkyl or cyclic N) is 1. The molecule has 0 spiro atoms. The second-order valence-electron chi connectivity index (χ2n) is 5.86. The number of likely N-dealkylation sites (tertiary alicyclic amines) is 1. The quantitative estimate of drug-likeness (QED) is 0.922. The first-order valence-electron chi connectivity index (χ1n) is 6.98. The average Bonchev–Trinajstić information content (AvgIpc) is 2.66. The van der Waals surface area contributed by atoms with Crippen LogP contribution in [0.2, 0.25) is 0 Å². The van der Waals surface area contributed by atoms with Crippen molar-refractivity contribution in [2.45, 2.75) is 46.1 Å². The van der Waals surface area contributed by atoms with E-state index in [-0.39, 0.29) is 11.8 Å². The molecule has 0 bridgehead atoms. The van der Waals surface area contributed by atoms with E-state index < -0.39 is 5.60 Å². The van der Waals surface area contributed by atoms with Crippen molar-refractivity contribution in [3.63, 3.8) is 0 Å². The van der Waals surface area contributed by atoms with Crippen LogP contribution in [0.15, 0.2) is 6.07 Å². The zero-order chi connectivity index (χ0) is 14.2. The van der Waals surface area contributed by atoms with Gasteiger partial charge in [-0.15, -0.1) is 11.3 Å². The highest BCUT2D eigenvalue weighted by Gasteiger charge is 2.46. The fourth-order valence-corrected chi connectivity index (χ4v) is 3.46. The average molecular weight is 281 g/mol. The SMILES string of the molecule is CCCc1cc(C(=O)N2CC(O)(C(C)C)C2)sc1C. The molecule has 0 aromatic carbocycles. The van der Waals surface area contributed by atoms with Crippen LogP contribution in [0.4, 0.5) is 0 Å². The first kappa shape index (κ1) is 14.5. The zero-order valence-corrected chi connectivity index (χ0v) is 13.0. The van der Waals surface area contributed by atoms with Gasteiger partial charge in [-0.25, -0.2) is 0 Å². The summed E-state index contributed by atoms with van der Waals surface area (Å²) in [5.41, 5.74) is 0.601. The molecule has 0 atom stereocenters. The minimum atomic E-state index is -0.686. The fraction of sp³-hybridized carbons (Fsp3) is 0.667. The Labute approximate surface area is 119 Å². The highest BCUT2D eigenvalue weighted by molar-refractivity contribution is 7.14. The molecule has 0 aliphatic carbocycles. The summed E-state index contributed by atoms with van der Waals surface area (Å²) in [4.78, 5) is 16.1. The Kier molecular flexibility index (Phi) is 4.02. The van der Waals surface area contributed by atoms with Crippen molar-refractivity contribution in [2.75, 3.05) is 13.1 Å². The number of carbonyl (C=O) groups excluding carboxylic acids is 1. The summed E-state index contributed by atoms with van der Waals surface area (Å²) in [5, 5.41) is 10.2. The fourth-order valence-electron chi connectivity index (χ4n) is 2.42. The summed E-state index contributed by atoms with van der Waals surface area (Å²) < 4.78 is 0. The Morgan fingerprint density at radius 1 is 1.53 bits per heavy atom. The number of amides is 1. The van der Waals surface area contributed by atoms with E-state index in [1.165, 1.54) is 10.4 Å². The molecule has 0 saturated carbocycles. The number of thiophene rings is 1. The first-order chi connectivity index (χ1) is 8.87. The topological polar surface area (TPSA) is 40.5 Å². The molecule has 1 aliphatic rings. The molecule has 3 nitrogen and oxygen atoms in total. The Morgan fingerprint density at radius 2 is 2.16 bits per heavy atom. The minimum absolute atomic E-state index is 0.0702. The van der Waals surface area contributed by atoms with Gasteiger partial charge < -0.3 is 10.0 Å². The van der Waals surface area contributed by atoms with Crippen molar-refractivity contribution in [1.82, 2.24) is 4.90 Å². The highest BCUT2D eigenvalue weighted by atomic mass is 32.1. The predicted molar refractivity (Wildman–Crippen MR) is 78.7 cm³/mol. The van der Waals surface area contributed by atoms with E-state index in [0.29, 0.717) is 13.1 Å². The molecule has 19 heavy (non-hydrogen) atoms. The summed E-state index contributed by atoms with van der Waals surface area (Å²) >= 11 is 1.58. The number of hydrogen-bond donors (Lipinski definition) is 1. The first-order valence-corrected chi connectivity index (χ1v) is 7.80. The van der Waals surface area contributed by atoms with E-state index in [4.69, 9.17) is 0 Å². The largest absolute Gasteiger partial charge is 0.386 e. The summed E-state index contributed by atoms with van der Waals surface area (Å²) in [5.74, 6) is 0.262. The lowest BCUT2D eigenvalue weighted by Gasteiger charge is -2.48. The third-order valence-electron chi connectivity index (χ3n) is 4.04. The molecule has 1 fully saturated rings. The van der Waals surface area contributed by atoms with Crippen molar-refractivity contribution in [3.05, 3.63) is 21.4 Å². The molecule has 106 valence electrons. The van der Waals surface area contributed by atoms with Crippen molar-refractivity contribution >= 4 is 17.2 Å². The van der Waals surface area contributed by atoms with Gasteiger partial charge in [0.15, 0.2) is 0 Å². The van der Waals surface area contributed by atoms with Crippen molar-refractivity contribution in [2.24, 2.45) is 5.92 Å². The molecular formula is C15H23NO2S. The summed E-state index contributed by atoms with van der Waals surface area (Å²) in [7, 11) is 0. The molecule has 2 heterocycles. The van der Waals surface area contributed by atoms with E-state index in [1.54, 1.807) is 16.2 Å². The van der Waals surface area contributed by atoms with Crippen LogP contribution in [-0.4, -0.2) is 34.6 Å². The van der Waals surface area contributed by atoms with Gasteiger partial charge in [0.1, 0.15) is 5.60 Å². The number of hydrogen-bond acceptors (Lipinski definition) is 3. The number of carbonyl (C=O) groups is 1. The molecule has 2 rings (SSSR count). The van der Waals surface area contributed by atoms with Gasteiger partial charge in [0.05, 0.1) is 18.0 Å². The molecule has 1 aromatic heterocycles. The van der Waals surface area contributed by atoms with E-state index >= 15 is 0 Å². The second-order valence-corrected chi connectivity index (χ2v) is 7.12. The number of aryl methyl sites for hydroxylation is 2. The van der Waals surface area contributed by atoms with Gasteiger partial charge in [0.25, 0.3) is 5.91 Å². The number of nitrogens with zero attached hydrogens (tertiary/aromatic N) is 1. The molecule has 1 amide bonds. The third-order valence-corrected chi connectivity index (χ3v) is 5.12. The van der Waals surface area contributed by atoms with Crippen molar-refractivity contribution < 1.29 is 9.90 Å². The summed E-state index contributed by atoms with van der Waals surface area (Å²) in [6.45, 7) is 9.14. The van der Waals surface area contributed by atoms with Gasteiger partial charge in [-0.05, 0) is 30.9 Å². The molecule has 1 N–H and O–H groups in total. The smallest absolute Gasteiger partial charge is 0.264 e. The van der Waals surface area contributed by atoms with Gasteiger partial charge in [0, 0.05) is 4.88 Å². The molecule has 1 aliphatic heterocycles. The van der Waals surface area contributed by atoms with Crippen LogP contribution >= 0.6 is 11.3 Å². The molecule has 0 radical (unpaired) electrons. The Balaban J connectivity index is 2.04. The third kappa shape index (κ3) is 2.70. The molecule has 4 heteroatoms. The van der Waals surface area contributed by atoms with Crippen LogP contribution in [0, 0.1) is 12.8 Å². The van der Waals surface area contributed by atoms with Crippen LogP contribution in [-0.2, 0) is 6.42 Å². The Hall–Kier alpha value is -0.870. The number of rotatable bonds is 4. The van der Waals surface area contributed by atoms with Gasteiger partial charge in [-0.2, -0.15) is 0 Å². The maximum atomic E-state index is 12.3. The molecular weight excluding hydrogens is 258 g/mol. The van der Waals surface area contributed by atoms with Gasteiger partial charge in [-0.3, -0.25) is 4.79 Å². The zero-order valence-electron chi connectivity index (χ0n) is 12.2. The van der Waals surface area contributed by atoms with Crippen LogP contribution < -0.4 is 0 Å². The lowest BCUT2D eigenvalue weighted by atomic mass is 9.83. The van der Waals surface area contributed by atoms with E-state index in [0.717, 1.165) is 17.7 Å². The Bertz CT molecular complexity index is 472. The van der Waals surface area contributed by atoms with E-state index in [9.17, 15) is 9.90 Å². The van der Waals surface area contributed by atoms with Gasteiger partial charge in [-0.1, -0.05) is 27.2 Å². The van der Waals surface area contributed by atoms with Crippen LogP contribution in [0.3, 0.4) is 0 Å². The van der Waals surface area contributed by atoms with E-state index in [1.807, 2.05) is 19.9 Å². The monoisotopic (exact) mass is 281 g/mol. The van der Waals surface area contributed by atoms with Crippen molar-refractivity contribution in [1.29, 1.82) is 0 Å². The lowest BCUT2D eigenvalue weighted by Crippen LogP contribution is -2.65. The van der Waals surface area contributed by atoms with Gasteiger partial charge >= 0.3 is 0 Å². The van der Waals surface area contributed by atoms with Crippen LogP contribution in [0.1, 0.15) is 47.3 Å². The summed E-state index contributed by atoms with van der Waals surface area (Å²) in [6.07, 6.45) is 2.13. The highest BCUT2D eigenvalue weighted by Crippen LogP contribution is 2.32. The standard InChI is InChI=1S/C15H23NO2S/c1-5-6-12-7-13(19-11(12)4)14(17)16-8-15(18,9-16)10(2)3/h7,10,18H,5-6,8-9H2,1-4H3. The van der Waals surface area contributed by atoms with Gasteiger partial charge in [0.2, 0.25) is 0 Å². The maximum absolute atomic E-state index is 12.3. The molecule has 1 aromatic rings. The van der Waals surface area contributed by atoms with Crippen LogP contribution in [0.25, 0.3) is 0 Å². The predicted octanol–water partition coefficient (Wildman–Crippen LogP) is 2.85. The normalized spacial score (nSPS) is 17.7. The lowest BCUT2D eigenvalue weighted by molar-refractivity contribution is -0.110. The Morgan fingerprint density at radius 3 is 2.68 bits per heavy atom. The minimum Gasteiger partial charge on any atom is -0.386 e. The van der Waals surface area contributed by atoms with E-state index in [2.05, 4.69) is 13.8 Å². The molecule has 0 unspecified atom stereocenters. The van der Waals surface area contributed by atoms with Crippen LogP contribution in [0.5, 0.6) is 0 Å². The number of aliphatic hydroxyl groups is 1. The second kappa shape index (κ2) is 5.25. The summed E-state index contributed by atoms with van der Waals surface area (Å²) in [6, 6.07) is 2.03. The van der Waals surface area contributed by atoms with Crippen molar-refractivity contribution in [3.8, 4) is 0 Å².